The van der Waals surface area contributed by atoms with Crippen molar-refractivity contribution in [3.63, 3.8) is 0 Å². The van der Waals surface area contributed by atoms with Crippen LogP contribution in [-0.2, 0) is 4.79 Å². The molecule has 1 aromatic heterocycles. The molecule has 1 N–H and O–H groups in total. The van der Waals surface area contributed by atoms with Gasteiger partial charge in [-0.25, -0.2) is 4.98 Å². The Hall–Kier alpha value is -1.62. The highest BCUT2D eigenvalue weighted by molar-refractivity contribution is 9.10. The number of nitrogens with zero attached hydrogens (tertiary/aromatic N) is 2. The highest BCUT2D eigenvalue weighted by atomic mass is 79.9. The van der Waals surface area contributed by atoms with Gasteiger partial charge < -0.3 is 9.88 Å². The van der Waals surface area contributed by atoms with Crippen molar-refractivity contribution in [3.8, 4) is 5.69 Å². The first kappa shape index (κ1) is 12.8. The SMILES string of the molecule is CCC(Br)C(=O)Nc1cccc(-n2ccnc2)c1. The maximum atomic E-state index is 11.8. The van der Waals surface area contributed by atoms with E-state index >= 15 is 0 Å². The smallest absolute Gasteiger partial charge is 0.238 e. The van der Waals surface area contributed by atoms with Crippen molar-refractivity contribution in [1.82, 2.24) is 9.55 Å². The van der Waals surface area contributed by atoms with Gasteiger partial charge in [0.2, 0.25) is 5.91 Å². The molecule has 0 spiro atoms. The molecule has 4 nitrogen and oxygen atoms in total. The van der Waals surface area contributed by atoms with Crippen LogP contribution in [0.25, 0.3) is 5.69 Å². The number of imidazole rings is 1. The monoisotopic (exact) mass is 307 g/mol. The van der Waals surface area contributed by atoms with Gasteiger partial charge in [-0.15, -0.1) is 0 Å². The number of nitrogens with one attached hydrogen (secondary N) is 1. The molecule has 2 aromatic rings. The van der Waals surface area contributed by atoms with E-state index in [2.05, 4.69) is 26.2 Å². The van der Waals surface area contributed by atoms with E-state index in [9.17, 15) is 4.79 Å². The summed E-state index contributed by atoms with van der Waals surface area (Å²) >= 11 is 3.33. The zero-order chi connectivity index (χ0) is 13.0. The number of alkyl halides is 1. The van der Waals surface area contributed by atoms with Crippen LogP contribution >= 0.6 is 15.9 Å². The van der Waals surface area contributed by atoms with Crippen molar-refractivity contribution in [1.29, 1.82) is 0 Å². The number of hydrogen-bond acceptors (Lipinski definition) is 2. The fourth-order valence-electron chi connectivity index (χ4n) is 1.56. The zero-order valence-corrected chi connectivity index (χ0v) is 11.6. The first-order valence-corrected chi connectivity index (χ1v) is 6.65. The normalized spacial score (nSPS) is 12.1. The van der Waals surface area contributed by atoms with E-state index in [1.54, 1.807) is 12.5 Å². The quantitative estimate of drug-likeness (QED) is 0.883. The van der Waals surface area contributed by atoms with E-state index in [4.69, 9.17) is 0 Å². The number of benzene rings is 1. The second kappa shape index (κ2) is 5.82. The molecule has 0 radical (unpaired) electrons. The molecule has 1 aromatic carbocycles. The van der Waals surface area contributed by atoms with Crippen LogP contribution in [0.4, 0.5) is 5.69 Å². The van der Waals surface area contributed by atoms with Gasteiger partial charge >= 0.3 is 0 Å². The third-order valence-corrected chi connectivity index (χ3v) is 3.62. The van der Waals surface area contributed by atoms with Crippen LogP contribution in [0.3, 0.4) is 0 Å². The first-order valence-electron chi connectivity index (χ1n) is 5.74. The molecule has 94 valence electrons. The summed E-state index contributed by atoms with van der Waals surface area (Å²) in [6.07, 6.45) is 6.06. The van der Waals surface area contributed by atoms with Crippen LogP contribution in [-0.4, -0.2) is 20.3 Å². The van der Waals surface area contributed by atoms with Crippen molar-refractivity contribution in [3.05, 3.63) is 43.0 Å². The molecule has 0 aliphatic carbocycles. The Balaban J connectivity index is 2.16. The van der Waals surface area contributed by atoms with Gasteiger partial charge in [0.25, 0.3) is 0 Å². The van der Waals surface area contributed by atoms with E-state index in [1.807, 2.05) is 42.0 Å². The van der Waals surface area contributed by atoms with Gasteiger partial charge in [0, 0.05) is 23.8 Å². The van der Waals surface area contributed by atoms with E-state index in [1.165, 1.54) is 0 Å². The van der Waals surface area contributed by atoms with Crippen molar-refractivity contribution < 1.29 is 4.79 Å². The molecular formula is C13H14BrN3O. The highest BCUT2D eigenvalue weighted by Crippen LogP contribution is 2.16. The Kier molecular flexibility index (Phi) is 4.15. The molecule has 1 unspecified atom stereocenters. The van der Waals surface area contributed by atoms with E-state index in [0.717, 1.165) is 17.8 Å². The maximum Gasteiger partial charge on any atom is 0.238 e. The van der Waals surface area contributed by atoms with E-state index in [0.29, 0.717) is 0 Å². The predicted molar refractivity (Wildman–Crippen MR) is 75.2 cm³/mol. The number of carbonyl (C=O) groups excluding carboxylic acids is 1. The molecule has 18 heavy (non-hydrogen) atoms. The summed E-state index contributed by atoms with van der Waals surface area (Å²) in [7, 11) is 0. The molecule has 0 aliphatic rings. The largest absolute Gasteiger partial charge is 0.325 e. The van der Waals surface area contributed by atoms with Crippen molar-refractivity contribution >= 4 is 27.5 Å². The second-order valence-corrected chi connectivity index (χ2v) is 4.99. The molecule has 0 aliphatic heterocycles. The summed E-state index contributed by atoms with van der Waals surface area (Å²) in [6, 6.07) is 7.64. The average Bonchev–Trinajstić information content (AvgIpc) is 2.92. The minimum atomic E-state index is -0.158. The van der Waals surface area contributed by atoms with Gasteiger partial charge in [-0.3, -0.25) is 4.79 Å². The third kappa shape index (κ3) is 2.98. The number of rotatable bonds is 4. The second-order valence-electron chi connectivity index (χ2n) is 3.89. The maximum absolute atomic E-state index is 11.8. The Bertz CT molecular complexity index is 525. The van der Waals surface area contributed by atoms with Crippen LogP contribution in [0.15, 0.2) is 43.0 Å². The Morgan fingerprint density at radius 2 is 2.39 bits per heavy atom. The van der Waals surface area contributed by atoms with Gasteiger partial charge in [-0.05, 0) is 24.6 Å². The minimum Gasteiger partial charge on any atom is -0.325 e. The molecule has 5 heteroatoms. The number of hydrogen-bond donors (Lipinski definition) is 1. The van der Waals surface area contributed by atoms with E-state index in [-0.39, 0.29) is 10.7 Å². The molecule has 0 saturated carbocycles. The topological polar surface area (TPSA) is 46.9 Å². The average molecular weight is 308 g/mol. The highest BCUT2D eigenvalue weighted by Gasteiger charge is 2.12. The standard InChI is InChI=1S/C13H14BrN3O/c1-2-12(14)13(18)16-10-4-3-5-11(8-10)17-7-6-15-9-17/h3-9,12H,2H2,1H3,(H,16,18). The van der Waals surface area contributed by atoms with E-state index < -0.39 is 0 Å². The van der Waals surface area contributed by atoms with Gasteiger partial charge in [-0.2, -0.15) is 0 Å². The van der Waals surface area contributed by atoms with Gasteiger partial charge in [-0.1, -0.05) is 28.9 Å². The number of aromatic nitrogens is 2. The molecule has 0 fully saturated rings. The van der Waals surface area contributed by atoms with Gasteiger partial charge in [0.15, 0.2) is 0 Å². The summed E-state index contributed by atoms with van der Waals surface area (Å²) in [6.45, 7) is 1.96. The Morgan fingerprint density at radius 1 is 1.56 bits per heavy atom. The van der Waals surface area contributed by atoms with Crippen LogP contribution in [0, 0.1) is 0 Å². The van der Waals surface area contributed by atoms with Crippen LogP contribution in [0.2, 0.25) is 0 Å². The van der Waals surface area contributed by atoms with Crippen molar-refractivity contribution in [2.24, 2.45) is 0 Å². The van der Waals surface area contributed by atoms with Crippen molar-refractivity contribution in [2.45, 2.75) is 18.2 Å². The number of amides is 1. The van der Waals surface area contributed by atoms with Gasteiger partial charge in [0.1, 0.15) is 0 Å². The Labute approximate surface area is 114 Å². The molecule has 0 bridgehead atoms. The molecular weight excluding hydrogens is 294 g/mol. The third-order valence-electron chi connectivity index (χ3n) is 2.56. The summed E-state index contributed by atoms with van der Waals surface area (Å²) < 4.78 is 1.89. The molecule has 0 saturated heterocycles. The molecule has 1 atom stereocenters. The van der Waals surface area contributed by atoms with Crippen molar-refractivity contribution in [2.75, 3.05) is 5.32 Å². The summed E-state index contributed by atoms with van der Waals surface area (Å²) in [5.74, 6) is -0.0275. The van der Waals surface area contributed by atoms with Gasteiger partial charge in [0.05, 0.1) is 11.2 Å². The zero-order valence-electron chi connectivity index (χ0n) is 10.0. The number of halogens is 1. The lowest BCUT2D eigenvalue weighted by Crippen LogP contribution is -2.21. The Morgan fingerprint density at radius 3 is 3.06 bits per heavy atom. The van der Waals surface area contributed by atoms with Crippen LogP contribution < -0.4 is 5.32 Å². The molecule has 1 heterocycles. The van der Waals surface area contributed by atoms with Crippen LogP contribution in [0.1, 0.15) is 13.3 Å². The lowest BCUT2D eigenvalue weighted by Gasteiger charge is -2.10. The fourth-order valence-corrected chi connectivity index (χ4v) is 1.68. The summed E-state index contributed by atoms with van der Waals surface area (Å²) in [5, 5.41) is 2.88. The summed E-state index contributed by atoms with van der Waals surface area (Å²) in [4.78, 5) is 15.6. The number of anilines is 1. The first-order chi connectivity index (χ1) is 8.70. The van der Waals surface area contributed by atoms with Crippen LogP contribution in [0.5, 0.6) is 0 Å². The molecule has 1 amide bonds. The number of carbonyl (C=O) groups is 1. The predicted octanol–water partition coefficient (Wildman–Crippen LogP) is 2.98. The summed E-state index contributed by atoms with van der Waals surface area (Å²) in [5.41, 5.74) is 1.75. The lowest BCUT2D eigenvalue weighted by atomic mass is 10.2. The minimum absolute atomic E-state index is 0.0275. The fraction of sp³-hybridized carbons (Fsp3) is 0.231. The lowest BCUT2D eigenvalue weighted by molar-refractivity contribution is -0.115. The molecule has 2 rings (SSSR count).